The highest BCUT2D eigenvalue weighted by molar-refractivity contribution is 5.86. The second-order valence-corrected chi connectivity index (χ2v) is 2.37. The van der Waals surface area contributed by atoms with Gasteiger partial charge < -0.3 is 10.4 Å². The first kappa shape index (κ1) is 10.2. The van der Waals surface area contributed by atoms with Crippen LogP contribution in [0, 0.1) is 0 Å². The van der Waals surface area contributed by atoms with Gasteiger partial charge in [-0.2, -0.15) is 0 Å². The molecule has 0 saturated heterocycles. The fourth-order valence-corrected chi connectivity index (χ4v) is 0.693. The highest BCUT2D eigenvalue weighted by atomic mass is 16.3. The number of unbranched alkanes of at least 4 members (excludes halogenated alkanes) is 1. The number of hydrogen-bond acceptors (Lipinski definition) is 2. The van der Waals surface area contributed by atoms with E-state index in [1.165, 1.54) is 0 Å². The Morgan fingerprint density at radius 1 is 1.82 bits per heavy atom. The summed E-state index contributed by atoms with van der Waals surface area (Å²) in [6.07, 6.45) is 2.96. The second kappa shape index (κ2) is 5.92. The fraction of sp³-hybridized carbons (Fsp3) is 0.625. The Hall–Kier alpha value is -0.830. The molecule has 1 unspecified atom stereocenters. The molecule has 0 radical (unpaired) electrons. The monoisotopic (exact) mass is 157 g/mol. The van der Waals surface area contributed by atoms with Gasteiger partial charge in [-0.15, -0.1) is 0 Å². The smallest absolute Gasteiger partial charge is 0.245 e. The zero-order chi connectivity index (χ0) is 8.69. The third kappa shape index (κ3) is 5.61. The lowest BCUT2D eigenvalue weighted by atomic mass is 10.2. The molecule has 0 aromatic heterocycles. The van der Waals surface area contributed by atoms with Crippen molar-refractivity contribution in [1.29, 1.82) is 0 Å². The number of aliphatic hydroxyl groups is 1. The number of aliphatic hydroxyl groups excluding tert-OH is 1. The van der Waals surface area contributed by atoms with E-state index in [1.54, 1.807) is 0 Å². The lowest BCUT2D eigenvalue weighted by molar-refractivity contribution is -0.119. The predicted octanol–water partition coefficient (Wildman–Crippen LogP) is 0.797. The van der Waals surface area contributed by atoms with Crippen LogP contribution in [0.25, 0.3) is 0 Å². The topological polar surface area (TPSA) is 49.3 Å². The third-order valence-corrected chi connectivity index (χ3v) is 1.33. The Bertz CT molecular complexity index is 134. The Kier molecular flexibility index (Phi) is 5.47. The number of hydrogen-bond donors (Lipinski definition) is 2. The maximum atomic E-state index is 10.6. The van der Waals surface area contributed by atoms with Crippen molar-refractivity contribution in [2.75, 3.05) is 0 Å². The van der Waals surface area contributed by atoms with Gasteiger partial charge in [0.1, 0.15) is 6.23 Å². The number of carbonyl (C=O) groups is 1. The summed E-state index contributed by atoms with van der Waals surface area (Å²) in [5, 5.41) is 11.5. The van der Waals surface area contributed by atoms with Crippen molar-refractivity contribution in [3.63, 3.8) is 0 Å². The van der Waals surface area contributed by atoms with Gasteiger partial charge in [0.2, 0.25) is 5.91 Å². The average Bonchev–Trinajstić information content (AvgIpc) is 2.00. The van der Waals surface area contributed by atoms with E-state index in [2.05, 4.69) is 11.9 Å². The quantitative estimate of drug-likeness (QED) is 0.458. The lowest BCUT2D eigenvalue weighted by Crippen LogP contribution is -2.33. The van der Waals surface area contributed by atoms with Crippen molar-refractivity contribution >= 4 is 5.91 Å². The van der Waals surface area contributed by atoms with Crippen LogP contribution in [0.15, 0.2) is 12.7 Å². The molecule has 11 heavy (non-hydrogen) atoms. The van der Waals surface area contributed by atoms with Crippen LogP contribution < -0.4 is 5.32 Å². The molecule has 0 aliphatic heterocycles. The number of carbonyl (C=O) groups excluding carboxylic acids is 1. The summed E-state index contributed by atoms with van der Waals surface area (Å²) in [5.41, 5.74) is 0. The van der Waals surface area contributed by atoms with E-state index >= 15 is 0 Å². The largest absolute Gasteiger partial charge is 0.374 e. The molecule has 0 aromatic carbocycles. The minimum absolute atomic E-state index is 0.325. The van der Waals surface area contributed by atoms with Gasteiger partial charge in [0.15, 0.2) is 0 Å². The van der Waals surface area contributed by atoms with E-state index in [0.29, 0.717) is 6.42 Å². The van der Waals surface area contributed by atoms with Gasteiger partial charge in [0.25, 0.3) is 0 Å². The Labute approximate surface area is 67.1 Å². The molecule has 3 heteroatoms. The Morgan fingerprint density at radius 3 is 2.91 bits per heavy atom. The van der Waals surface area contributed by atoms with Crippen LogP contribution in [0.5, 0.6) is 0 Å². The summed E-state index contributed by atoms with van der Waals surface area (Å²) < 4.78 is 0. The first-order valence-electron chi connectivity index (χ1n) is 3.81. The zero-order valence-electron chi connectivity index (χ0n) is 6.84. The van der Waals surface area contributed by atoms with E-state index in [4.69, 9.17) is 5.11 Å². The molecule has 1 amide bonds. The average molecular weight is 157 g/mol. The van der Waals surface area contributed by atoms with Gasteiger partial charge in [-0.1, -0.05) is 19.9 Å². The molecule has 0 aliphatic rings. The SMILES string of the molecule is C=CC(=O)NC(O)CCCC. The second-order valence-electron chi connectivity index (χ2n) is 2.37. The van der Waals surface area contributed by atoms with Crippen LogP contribution in [0.2, 0.25) is 0 Å². The third-order valence-electron chi connectivity index (χ3n) is 1.33. The van der Waals surface area contributed by atoms with Crippen LogP contribution in [-0.4, -0.2) is 17.2 Å². The van der Waals surface area contributed by atoms with Crippen molar-refractivity contribution in [1.82, 2.24) is 5.32 Å². The molecule has 1 atom stereocenters. The highest BCUT2D eigenvalue weighted by Crippen LogP contribution is 1.96. The van der Waals surface area contributed by atoms with Gasteiger partial charge in [-0.05, 0) is 18.9 Å². The molecular weight excluding hydrogens is 142 g/mol. The number of amides is 1. The molecule has 0 bridgehead atoms. The first-order valence-corrected chi connectivity index (χ1v) is 3.81. The van der Waals surface area contributed by atoms with Gasteiger partial charge in [0.05, 0.1) is 0 Å². The van der Waals surface area contributed by atoms with E-state index in [0.717, 1.165) is 18.9 Å². The molecule has 0 heterocycles. The summed E-state index contributed by atoms with van der Waals surface area (Å²) in [5.74, 6) is -0.325. The van der Waals surface area contributed by atoms with E-state index in [-0.39, 0.29) is 5.91 Å². The maximum Gasteiger partial charge on any atom is 0.245 e. The molecule has 3 nitrogen and oxygen atoms in total. The minimum atomic E-state index is -0.722. The fourth-order valence-electron chi connectivity index (χ4n) is 0.693. The maximum absolute atomic E-state index is 10.6. The molecule has 0 aromatic rings. The van der Waals surface area contributed by atoms with E-state index in [9.17, 15) is 4.79 Å². The number of rotatable bonds is 5. The van der Waals surface area contributed by atoms with Crippen molar-refractivity contribution < 1.29 is 9.90 Å². The molecule has 64 valence electrons. The summed E-state index contributed by atoms with van der Waals surface area (Å²) in [4.78, 5) is 10.6. The standard InChI is InChI=1S/C8H15NO2/c1-3-5-6-8(11)9-7(10)4-2/h4,8,11H,2-3,5-6H2,1H3,(H,9,10). The molecule has 2 N–H and O–H groups in total. The van der Waals surface area contributed by atoms with Crippen molar-refractivity contribution in [3.8, 4) is 0 Å². The van der Waals surface area contributed by atoms with Crippen LogP contribution >= 0.6 is 0 Å². The van der Waals surface area contributed by atoms with Crippen LogP contribution in [0.1, 0.15) is 26.2 Å². The van der Waals surface area contributed by atoms with Crippen molar-refractivity contribution in [2.45, 2.75) is 32.4 Å². The molecule has 0 fully saturated rings. The molecule has 0 aliphatic carbocycles. The lowest BCUT2D eigenvalue weighted by Gasteiger charge is -2.09. The Morgan fingerprint density at radius 2 is 2.45 bits per heavy atom. The van der Waals surface area contributed by atoms with Crippen LogP contribution in [-0.2, 0) is 4.79 Å². The number of nitrogens with one attached hydrogen (secondary N) is 1. The Balaban J connectivity index is 3.43. The van der Waals surface area contributed by atoms with E-state index < -0.39 is 6.23 Å². The summed E-state index contributed by atoms with van der Waals surface area (Å²) >= 11 is 0. The predicted molar refractivity (Wildman–Crippen MR) is 43.9 cm³/mol. The summed E-state index contributed by atoms with van der Waals surface area (Å²) in [6, 6.07) is 0. The normalized spacial score (nSPS) is 12.2. The van der Waals surface area contributed by atoms with Gasteiger partial charge >= 0.3 is 0 Å². The first-order chi connectivity index (χ1) is 5.20. The molecular formula is C8H15NO2. The zero-order valence-corrected chi connectivity index (χ0v) is 6.84. The summed E-state index contributed by atoms with van der Waals surface area (Å²) in [6.45, 7) is 5.30. The van der Waals surface area contributed by atoms with Gasteiger partial charge in [0, 0.05) is 0 Å². The van der Waals surface area contributed by atoms with Crippen molar-refractivity contribution in [3.05, 3.63) is 12.7 Å². The molecule has 0 rings (SSSR count). The van der Waals surface area contributed by atoms with E-state index in [1.807, 2.05) is 6.92 Å². The summed E-state index contributed by atoms with van der Waals surface area (Å²) in [7, 11) is 0. The van der Waals surface area contributed by atoms with Crippen molar-refractivity contribution in [2.24, 2.45) is 0 Å². The van der Waals surface area contributed by atoms with Crippen LogP contribution in [0.4, 0.5) is 0 Å². The minimum Gasteiger partial charge on any atom is -0.374 e. The van der Waals surface area contributed by atoms with Gasteiger partial charge in [-0.3, -0.25) is 4.79 Å². The highest BCUT2D eigenvalue weighted by Gasteiger charge is 2.03. The van der Waals surface area contributed by atoms with Gasteiger partial charge in [-0.25, -0.2) is 0 Å². The molecule has 0 spiro atoms. The van der Waals surface area contributed by atoms with Crippen LogP contribution in [0.3, 0.4) is 0 Å². The molecule has 0 saturated carbocycles.